The van der Waals surface area contributed by atoms with Crippen LogP contribution in [0, 0.1) is 5.92 Å². The Balaban J connectivity index is 2.03. The maximum absolute atomic E-state index is 6.30. The molecule has 1 aromatic carbocycles. The first-order valence-electron chi connectivity index (χ1n) is 5.10. The van der Waals surface area contributed by atoms with Crippen LogP contribution in [0.3, 0.4) is 0 Å². The van der Waals surface area contributed by atoms with E-state index >= 15 is 0 Å². The first-order chi connectivity index (χ1) is 6.67. The highest BCUT2D eigenvalue weighted by atomic mass is 35.5. The van der Waals surface area contributed by atoms with E-state index in [1.165, 1.54) is 18.4 Å². The van der Waals surface area contributed by atoms with Gasteiger partial charge in [0.2, 0.25) is 0 Å². The van der Waals surface area contributed by atoms with Crippen molar-refractivity contribution in [1.82, 2.24) is 0 Å². The van der Waals surface area contributed by atoms with Crippen molar-refractivity contribution in [1.29, 1.82) is 0 Å². The fraction of sp³-hybridized carbons (Fsp3) is 0.500. The van der Waals surface area contributed by atoms with Crippen LogP contribution in [-0.2, 0) is 5.41 Å². The fourth-order valence-corrected chi connectivity index (χ4v) is 3.56. The van der Waals surface area contributed by atoms with Gasteiger partial charge in [-0.3, -0.25) is 0 Å². The summed E-state index contributed by atoms with van der Waals surface area (Å²) in [6, 6.07) is 10.5. The summed E-state index contributed by atoms with van der Waals surface area (Å²) in [5.74, 6) is 0.722. The van der Waals surface area contributed by atoms with Gasteiger partial charge in [-0.2, -0.15) is 0 Å². The second-order valence-electron chi connectivity index (χ2n) is 4.49. The van der Waals surface area contributed by atoms with Crippen molar-refractivity contribution in [3.63, 3.8) is 0 Å². The predicted molar refractivity (Wildman–Crippen MR) is 59.9 cm³/mol. The van der Waals surface area contributed by atoms with Gasteiger partial charge in [-0.15, -0.1) is 23.2 Å². The average molecular weight is 227 g/mol. The SMILES string of the molecule is ClC1(Cl)CC1(c1ccccc1)C1CC1. The molecule has 2 heteroatoms. The zero-order valence-corrected chi connectivity index (χ0v) is 9.35. The second kappa shape index (κ2) is 2.68. The third-order valence-corrected chi connectivity index (χ3v) is 4.53. The molecule has 14 heavy (non-hydrogen) atoms. The molecule has 0 N–H and O–H groups in total. The summed E-state index contributed by atoms with van der Waals surface area (Å²) < 4.78 is -0.504. The van der Waals surface area contributed by atoms with E-state index in [2.05, 4.69) is 24.3 Å². The number of benzene rings is 1. The van der Waals surface area contributed by atoms with E-state index in [1.54, 1.807) is 0 Å². The van der Waals surface area contributed by atoms with Gasteiger partial charge >= 0.3 is 0 Å². The fourth-order valence-electron chi connectivity index (χ4n) is 2.61. The minimum absolute atomic E-state index is 0.0807. The molecule has 0 saturated heterocycles. The molecule has 0 spiro atoms. The highest BCUT2D eigenvalue weighted by molar-refractivity contribution is 6.52. The minimum Gasteiger partial charge on any atom is -0.101 e. The van der Waals surface area contributed by atoms with Crippen LogP contribution in [-0.4, -0.2) is 4.33 Å². The summed E-state index contributed by atoms with van der Waals surface area (Å²) >= 11 is 12.6. The van der Waals surface area contributed by atoms with E-state index in [4.69, 9.17) is 23.2 Å². The molecule has 1 unspecified atom stereocenters. The summed E-state index contributed by atoms with van der Waals surface area (Å²) in [6.07, 6.45) is 3.50. The highest BCUT2D eigenvalue weighted by Gasteiger charge is 2.72. The third kappa shape index (κ3) is 1.07. The topological polar surface area (TPSA) is 0 Å². The van der Waals surface area contributed by atoms with Gasteiger partial charge < -0.3 is 0 Å². The highest BCUT2D eigenvalue weighted by Crippen LogP contribution is 2.73. The van der Waals surface area contributed by atoms with Crippen LogP contribution in [0.15, 0.2) is 30.3 Å². The summed E-state index contributed by atoms with van der Waals surface area (Å²) in [5, 5.41) is 0. The normalized spacial score (nSPS) is 34.1. The van der Waals surface area contributed by atoms with Crippen LogP contribution >= 0.6 is 23.2 Å². The number of halogens is 2. The van der Waals surface area contributed by atoms with Crippen molar-refractivity contribution >= 4 is 23.2 Å². The molecule has 0 heterocycles. The van der Waals surface area contributed by atoms with Crippen molar-refractivity contribution in [2.75, 3.05) is 0 Å². The minimum atomic E-state index is -0.504. The molecule has 1 atom stereocenters. The van der Waals surface area contributed by atoms with E-state index in [1.807, 2.05) is 6.07 Å². The average Bonchev–Trinajstić information content (AvgIpc) is 3.03. The van der Waals surface area contributed by atoms with Crippen LogP contribution in [0.4, 0.5) is 0 Å². The Hall–Kier alpha value is -0.200. The molecular weight excluding hydrogens is 215 g/mol. The first kappa shape index (κ1) is 9.06. The van der Waals surface area contributed by atoms with Crippen LogP contribution in [0.25, 0.3) is 0 Å². The van der Waals surface area contributed by atoms with Crippen molar-refractivity contribution < 1.29 is 0 Å². The molecule has 2 aliphatic carbocycles. The van der Waals surface area contributed by atoms with Crippen molar-refractivity contribution in [2.24, 2.45) is 5.92 Å². The largest absolute Gasteiger partial charge is 0.129 e. The summed E-state index contributed by atoms with van der Waals surface area (Å²) in [7, 11) is 0. The monoisotopic (exact) mass is 226 g/mol. The molecule has 0 nitrogen and oxygen atoms in total. The summed E-state index contributed by atoms with van der Waals surface area (Å²) in [6.45, 7) is 0. The third-order valence-electron chi connectivity index (χ3n) is 3.59. The molecular formula is C12H12Cl2. The summed E-state index contributed by atoms with van der Waals surface area (Å²) in [4.78, 5) is 0. The molecule has 2 fully saturated rings. The lowest BCUT2D eigenvalue weighted by molar-refractivity contribution is 0.589. The maximum atomic E-state index is 6.30. The van der Waals surface area contributed by atoms with Gasteiger partial charge in [0.15, 0.2) is 0 Å². The van der Waals surface area contributed by atoms with Gasteiger partial charge in [-0.05, 0) is 30.7 Å². The number of rotatable bonds is 2. The molecule has 0 aromatic heterocycles. The van der Waals surface area contributed by atoms with Crippen molar-refractivity contribution in [3.05, 3.63) is 35.9 Å². The van der Waals surface area contributed by atoms with E-state index < -0.39 is 4.33 Å². The standard InChI is InChI=1S/C12H12Cl2/c13-12(14)8-11(12,10-6-7-10)9-4-2-1-3-5-9/h1-5,10H,6-8H2. The van der Waals surface area contributed by atoms with Gasteiger partial charge in [-0.25, -0.2) is 0 Å². The lowest BCUT2D eigenvalue weighted by Gasteiger charge is -2.17. The smallest absolute Gasteiger partial charge is 0.101 e. The van der Waals surface area contributed by atoms with Gasteiger partial charge in [0.05, 0.1) is 0 Å². The van der Waals surface area contributed by atoms with Gasteiger partial charge in [0.25, 0.3) is 0 Å². The molecule has 0 aliphatic heterocycles. The van der Waals surface area contributed by atoms with E-state index in [9.17, 15) is 0 Å². The molecule has 0 amide bonds. The maximum Gasteiger partial charge on any atom is 0.129 e. The van der Waals surface area contributed by atoms with Crippen LogP contribution in [0.5, 0.6) is 0 Å². The zero-order chi connectivity index (χ0) is 9.81. The Morgan fingerprint density at radius 1 is 1.07 bits per heavy atom. The lowest BCUT2D eigenvalue weighted by Crippen LogP contribution is -2.17. The summed E-state index contributed by atoms with van der Waals surface area (Å²) in [5.41, 5.74) is 1.41. The van der Waals surface area contributed by atoms with E-state index in [0.717, 1.165) is 12.3 Å². The van der Waals surface area contributed by atoms with Gasteiger partial charge in [0, 0.05) is 5.41 Å². The Bertz CT molecular complexity index is 354. The molecule has 0 radical (unpaired) electrons. The zero-order valence-electron chi connectivity index (χ0n) is 7.84. The quantitative estimate of drug-likeness (QED) is 0.672. The molecule has 2 aliphatic rings. The Kier molecular flexibility index (Phi) is 1.73. The molecule has 1 aromatic rings. The number of hydrogen-bond donors (Lipinski definition) is 0. The molecule has 3 rings (SSSR count). The van der Waals surface area contributed by atoms with E-state index in [-0.39, 0.29) is 5.41 Å². The Morgan fingerprint density at radius 3 is 2.07 bits per heavy atom. The van der Waals surface area contributed by atoms with Crippen molar-refractivity contribution in [2.45, 2.75) is 29.0 Å². The molecule has 0 bridgehead atoms. The van der Waals surface area contributed by atoms with Crippen LogP contribution < -0.4 is 0 Å². The second-order valence-corrected chi connectivity index (χ2v) is 5.98. The van der Waals surface area contributed by atoms with Crippen molar-refractivity contribution in [3.8, 4) is 0 Å². The Morgan fingerprint density at radius 2 is 1.64 bits per heavy atom. The number of alkyl halides is 2. The van der Waals surface area contributed by atoms with Crippen LogP contribution in [0.2, 0.25) is 0 Å². The first-order valence-corrected chi connectivity index (χ1v) is 5.86. The molecule has 2 saturated carbocycles. The van der Waals surface area contributed by atoms with E-state index in [0.29, 0.717) is 0 Å². The molecule has 74 valence electrons. The number of hydrogen-bond acceptors (Lipinski definition) is 0. The van der Waals surface area contributed by atoms with Gasteiger partial charge in [-0.1, -0.05) is 30.3 Å². The predicted octanol–water partition coefficient (Wildman–Crippen LogP) is 3.91. The Labute approximate surface area is 94.2 Å². The van der Waals surface area contributed by atoms with Crippen LogP contribution in [0.1, 0.15) is 24.8 Å². The van der Waals surface area contributed by atoms with Gasteiger partial charge in [0.1, 0.15) is 4.33 Å². The lowest BCUT2D eigenvalue weighted by atomic mass is 9.91.